The van der Waals surface area contributed by atoms with E-state index in [2.05, 4.69) is 20.0 Å². The molecule has 0 saturated carbocycles. The molecule has 0 aliphatic carbocycles. The monoisotopic (exact) mass is 307 g/mol. The zero-order valence-corrected chi connectivity index (χ0v) is 11.6. The Morgan fingerprint density at radius 3 is 2.71 bits per heavy atom. The van der Waals surface area contributed by atoms with Crippen molar-refractivity contribution in [2.24, 2.45) is 5.73 Å². The molecular formula is C12H13N5O3S. The van der Waals surface area contributed by atoms with Gasteiger partial charge in [-0.05, 0) is 0 Å². The number of aliphatic hydroxyl groups excluding tert-OH is 1. The molecule has 0 spiro atoms. The molecule has 0 radical (unpaired) electrons. The van der Waals surface area contributed by atoms with Crippen molar-refractivity contribution >= 4 is 28.6 Å². The Morgan fingerprint density at radius 1 is 1.33 bits per heavy atom. The molecule has 2 rings (SSSR count). The molecule has 0 fully saturated rings. The number of nitrogens with one attached hydrogen (secondary N) is 2. The van der Waals surface area contributed by atoms with Crippen molar-refractivity contribution in [1.29, 1.82) is 0 Å². The van der Waals surface area contributed by atoms with Crippen LogP contribution < -0.4 is 16.4 Å². The van der Waals surface area contributed by atoms with Gasteiger partial charge >= 0.3 is 6.03 Å². The highest BCUT2D eigenvalue weighted by molar-refractivity contribution is 7.10. The highest BCUT2D eigenvalue weighted by atomic mass is 32.1. The molecule has 0 unspecified atom stereocenters. The van der Waals surface area contributed by atoms with Gasteiger partial charge in [0.05, 0.1) is 6.54 Å². The molecule has 1 aromatic carbocycles. The summed E-state index contributed by atoms with van der Waals surface area (Å²) in [6.45, 7) is -0.272. The fourth-order valence-corrected chi connectivity index (χ4v) is 1.99. The third-order valence-electron chi connectivity index (χ3n) is 2.46. The number of anilines is 1. The predicted octanol–water partition coefficient (Wildman–Crippen LogP) is 0.173. The molecule has 1 aromatic heterocycles. The number of aromatic nitrogens is 2. The van der Waals surface area contributed by atoms with Gasteiger partial charge in [0.15, 0.2) is 5.82 Å². The second-order valence-electron chi connectivity index (χ2n) is 4.04. The van der Waals surface area contributed by atoms with Crippen molar-refractivity contribution in [3.8, 4) is 11.4 Å². The van der Waals surface area contributed by atoms with Crippen LogP contribution in [0, 0.1) is 0 Å². The Bertz CT molecular complexity index is 631. The summed E-state index contributed by atoms with van der Waals surface area (Å²) in [5.41, 5.74) is 5.70. The average molecular weight is 307 g/mol. The van der Waals surface area contributed by atoms with Gasteiger partial charge in [-0.15, -0.1) is 0 Å². The number of carbonyl (C=O) groups excluding carboxylic acids is 2. The number of urea groups is 1. The lowest BCUT2D eigenvalue weighted by Gasteiger charge is -2.07. The summed E-state index contributed by atoms with van der Waals surface area (Å²) in [5, 5.41) is 14.2. The maximum Gasteiger partial charge on any atom is 0.321 e. The number of nitrogens with zero attached hydrogens (tertiary/aromatic N) is 2. The molecular weight excluding hydrogens is 294 g/mol. The number of primary amides is 1. The van der Waals surface area contributed by atoms with Crippen molar-refractivity contribution in [1.82, 2.24) is 14.7 Å². The molecule has 21 heavy (non-hydrogen) atoms. The van der Waals surface area contributed by atoms with Crippen LogP contribution in [0.2, 0.25) is 0 Å². The van der Waals surface area contributed by atoms with Crippen LogP contribution in [0.5, 0.6) is 0 Å². The third-order valence-corrected chi connectivity index (χ3v) is 3.09. The van der Waals surface area contributed by atoms with Gasteiger partial charge in [-0.25, -0.2) is 4.79 Å². The van der Waals surface area contributed by atoms with Crippen LogP contribution >= 0.6 is 11.5 Å². The second-order valence-corrected chi connectivity index (χ2v) is 4.79. The first kappa shape index (κ1) is 14.9. The van der Waals surface area contributed by atoms with Crippen LogP contribution in [0.1, 0.15) is 0 Å². The minimum atomic E-state index is -1.43. The minimum Gasteiger partial charge on any atom is -0.381 e. The summed E-state index contributed by atoms with van der Waals surface area (Å²) in [7, 11) is 0. The van der Waals surface area contributed by atoms with Crippen molar-refractivity contribution in [3.63, 3.8) is 0 Å². The van der Waals surface area contributed by atoms with E-state index in [9.17, 15) is 9.59 Å². The number of hydrogen-bond acceptors (Lipinski definition) is 6. The molecule has 1 heterocycles. The molecule has 5 N–H and O–H groups in total. The Hall–Kier alpha value is -2.52. The van der Waals surface area contributed by atoms with Crippen molar-refractivity contribution in [3.05, 3.63) is 30.3 Å². The normalized spacial score (nSPS) is 11.7. The second kappa shape index (κ2) is 6.77. The van der Waals surface area contributed by atoms with E-state index in [4.69, 9.17) is 10.8 Å². The van der Waals surface area contributed by atoms with Crippen LogP contribution in [0.15, 0.2) is 30.3 Å². The van der Waals surface area contributed by atoms with Crippen LogP contribution in [-0.2, 0) is 4.79 Å². The Labute approximate surface area is 124 Å². The number of aliphatic hydroxyl groups is 1. The third kappa shape index (κ3) is 4.23. The summed E-state index contributed by atoms with van der Waals surface area (Å²) in [5.74, 6) is -0.398. The van der Waals surface area contributed by atoms with E-state index in [1.807, 2.05) is 30.3 Å². The highest BCUT2D eigenvalue weighted by Gasteiger charge is 2.13. The van der Waals surface area contributed by atoms with E-state index in [-0.39, 0.29) is 6.54 Å². The maximum absolute atomic E-state index is 11.5. The average Bonchev–Trinajstić information content (AvgIpc) is 2.94. The van der Waals surface area contributed by atoms with Gasteiger partial charge in [0.1, 0.15) is 6.10 Å². The number of benzene rings is 1. The molecule has 2 aromatic rings. The molecule has 3 amide bonds. The molecule has 0 aliphatic rings. The van der Waals surface area contributed by atoms with E-state index in [0.717, 1.165) is 17.1 Å². The van der Waals surface area contributed by atoms with Crippen molar-refractivity contribution in [2.75, 3.05) is 11.9 Å². The first-order valence-corrected chi connectivity index (χ1v) is 6.75. The number of amides is 3. The van der Waals surface area contributed by atoms with Gasteiger partial charge in [-0.3, -0.25) is 10.1 Å². The Kier molecular flexibility index (Phi) is 4.80. The smallest absolute Gasteiger partial charge is 0.321 e. The highest BCUT2D eigenvalue weighted by Crippen LogP contribution is 2.20. The van der Waals surface area contributed by atoms with Gasteiger partial charge in [-0.1, -0.05) is 30.3 Å². The van der Waals surface area contributed by atoms with E-state index in [1.165, 1.54) is 0 Å². The topological polar surface area (TPSA) is 130 Å². The van der Waals surface area contributed by atoms with E-state index < -0.39 is 18.0 Å². The number of rotatable bonds is 5. The SMILES string of the molecule is NC(=O)[C@@H](O)CNC(=O)Nc1nc(-c2ccccc2)ns1. The minimum absolute atomic E-state index is 0.272. The standard InChI is InChI=1S/C12H13N5O3S/c13-9(19)8(18)6-14-11(20)16-12-15-10(17-21-12)7-4-2-1-3-5-7/h1-5,8,18H,6H2,(H2,13,19)(H2,14,15,16,17,20)/t8-/m0/s1. The van der Waals surface area contributed by atoms with Gasteiger partial charge < -0.3 is 16.2 Å². The van der Waals surface area contributed by atoms with Crippen LogP contribution in [-0.4, -0.2) is 39.1 Å². The van der Waals surface area contributed by atoms with Crippen molar-refractivity contribution in [2.45, 2.75) is 6.10 Å². The molecule has 0 bridgehead atoms. The molecule has 110 valence electrons. The quantitative estimate of drug-likeness (QED) is 0.625. The Balaban J connectivity index is 1.91. The van der Waals surface area contributed by atoms with E-state index >= 15 is 0 Å². The predicted molar refractivity (Wildman–Crippen MR) is 77.6 cm³/mol. The van der Waals surface area contributed by atoms with Gasteiger partial charge in [0, 0.05) is 17.1 Å². The van der Waals surface area contributed by atoms with Crippen LogP contribution in [0.25, 0.3) is 11.4 Å². The molecule has 0 aliphatic heterocycles. The lowest BCUT2D eigenvalue weighted by atomic mass is 10.2. The lowest BCUT2D eigenvalue weighted by molar-refractivity contribution is -0.125. The van der Waals surface area contributed by atoms with Crippen molar-refractivity contribution < 1.29 is 14.7 Å². The molecule has 8 nitrogen and oxygen atoms in total. The fourth-order valence-electron chi connectivity index (χ4n) is 1.41. The Morgan fingerprint density at radius 2 is 2.05 bits per heavy atom. The lowest BCUT2D eigenvalue weighted by Crippen LogP contribution is -2.41. The van der Waals surface area contributed by atoms with Crippen LogP contribution in [0.3, 0.4) is 0 Å². The zero-order valence-electron chi connectivity index (χ0n) is 10.8. The molecule has 9 heteroatoms. The maximum atomic E-state index is 11.5. The number of carbonyl (C=O) groups is 2. The summed E-state index contributed by atoms with van der Waals surface area (Å²) in [6, 6.07) is 8.71. The molecule has 0 saturated heterocycles. The number of nitrogens with two attached hydrogens (primary N) is 1. The molecule has 1 atom stereocenters. The summed E-state index contributed by atoms with van der Waals surface area (Å²) >= 11 is 1.03. The summed E-state index contributed by atoms with van der Waals surface area (Å²) < 4.78 is 4.13. The van der Waals surface area contributed by atoms with Crippen LogP contribution in [0.4, 0.5) is 9.93 Å². The first-order chi connectivity index (χ1) is 10.1. The van der Waals surface area contributed by atoms with Gasteiger partial charge in [0.25, 0.3) is 0 Å². The zero-order chi connectivity index (χ0) is 15.2. The number of hydrogen-bond donors (Lipinski definition) is 4. The van der Waals surface area contributed by atoms with Gasteiger partial charge in [0.2, 0.25) is 11.0 Å². The largest absolute Gasteiger partial charge is 0.381 e. The summed E-state index contributed by atoms with van der Waals surface area (Å²) in [6.07, 6.45) is -1.43. The summed E-state index contributed by atoms with van der Waals surface area (Å²) in [4.78, 5) is 26.3. The fraction of sp³-hybridized carbons (Fsp3) is 0.167. The van der Waals surface area contributed by atoms with Gasteiger partial charge in [-0.2, -0.15) is 9.36 Å². The van der Waals surface area contributed by atoms with E-state index in [0.29, 0.717) is 11.0 Å². The van der Waals surface area contributed by atoms with E-state index in [1.54, 1.807) is 0 Å². The first-order valence-electron chi connectivity index (χ1n) is 5.97.